The number of aliphatic hydroxyl groups excluding tert-OH is 3. The van der Waals surface area contributed by atoms with Crippen LogP contribution in [0.25, 0.3) is 0 Å². The molecule has 0 aliphatic carbocycles. The first-order valence-corrected chi connectivity index (χ1v) is 5.06. The van der Waals surface area contributed by atoms with Gasteiger partial charge in [-0.3, -0.25) is 0 Å². The smallest absolute Gasteiger partial charge is 0.335 e. The van der Waals surface area contributed by atoms with Crippen molar-refractivity contribution in [1.29, 1.82) is 0 Å². The van der Waals surface area contributed by atoms with Crippen LogP contribution in [-0.2, 0) is 9.59 Å². The number of piperidine rings is 1. The van der Waals surface area contributed by atoms with Gasteiger partial charge < -0.3 is 30.8 Å². The Morgan fingerprint density at radius 3 is 1.53 bits per heavy atom. The van der Waals surface area contributed by atoms with Gasteiger partial charge in [-0.25, -0.2) is 9.59 Å². The lowest BCUT2D eigenvalue weighted by Gasteiger charge is -2.16. The van der Waals surface area contributed by atoms with Gasteiger partial charge in [-0.15, -0.1) is 0 Å². The van der Waals surface area contributed by atoms with Crippen LogP contribution in [0.5, 0.6) is 0 Å². The highest BCUT2D eigenvalue weighted by Crippen LogP contribution is 1.99. The molecule has 8 heteroatoms. The van der Waals surface area contributed by atoms with E-state index >= 15 is 0 Å². The van der Waals surface area contributed by atoms with Crippen LogP contribution in [0.2, 0.25) is 0 Å². The number of aliphatic hydroxyl groups is 3. The standard InChI is InChI=1S/C5H11NO.C4H6O6/c7-5-1-3-6-4-2-5;5-1(3(7)8)2(6)4(9)10/h5-7H,1-4H2;1-2,5-6H,(H,7,8)(H,9,10). The minimum Gasteiger partial charge on any atom is -0.479 e. The van der Waals surface area contributed by atoms with E-state index < -0.39 is 24.1 Å². The van der Waals surface area contributed by atoms with E-state index in [4.69, 9.17) is 25.5 Å². The maximum Gasteiger partial charge on any atom is 0.335 e. The zero-order chi connectivity index (χ0) is 13.4. The molecule has 17 heavy (non-hydrogen) atoms. The van der Waals surface area contributed by atoms with Crippen molar-refractivity contribution in [1.82, 2.24) is 5.32 Å². The van der Waals surface area contributed by atoms with E-state index in [2.05, 4.69) is 5.32 Å². The maximum absolute atomic E-state index is 9.77. The van der Waals surface area contributed by atoms with Gasteiger partial charge in [0.15, 0.2) is 12.2 Å². The Morgan fingerprint density at radius 2 is 1.35 bits per heavy atom. The number of carboxylic acid groups (broad SMARTS) is 2. The van der Waals surface area contributed by atoms with Crippen LogP contribution >= 0.6 is 0 Å². The summed E-state index contributed by atoms with van der Waals surface area (Å²) < 4.78 is 0. The highest BCUT2D eigenvalue weighted by molar-refractivity contribution is 5.83. The molecular formula is C9H17NO7. The summed E-state index contributed by atoms with van der Waals surface area (Å²) in [5, 5.41) is 44.6. The normalized spacial score (nSPS) is 19.7. The molecular weight excluding hydrogens is 234 g/mol. The molecule has 0 aromatic heterocycles. The molecule has 1 fully saturated rings. The molecule has 1 rings (SSSR count). The number of hydrogen-bond donors (Lipinski definition) is 6. The number of nitrogens with one attached hydrogen (secondary N) is 1. The highest BCUT2D eigenvalue weighted by Gasteiger charge is 2.29. The van der Waals surface area contributed by atoms with Crippen LogP contribution in [0.1, 0.15) is 12.8 Å². The minimum absolute atomic E-state index is 0.0266. The monoisotopic (exact) mass is 251 g/mol. The van der Waals surface area contributed by atoms with E-state index in [-0.39, 0.29) is 6.10 Å². The lowest BCUT2D eigenvalue weighted by Crippen LogP contribution is -2.39. The van der Waals surface area contributed by atoms with E-state index in [1.54, 1.807) is 0 Å². The van der Waals surface area contributed by atoms with Gasteiger partial charge in [0.25, 0.3) is 0 Å². The molecule has 0 amide bonds. The van der Waals surface area contributed by atoms with Gasteiger partial charge in [-0.2, -0.15) is 0 Å². The van der Waals surface area contributed by atoms with E-state index in [0.717, 1.165) is 25.9 Å². The van der Waals surface area contributed by atoms with Crippen molar-refractivity contribution < 1.29 is 35.1 Å². The van der Waals surface area contributed by atoms with Crippen molar-refractivity contribution in [2.75, 3.05) is 13.1 Å². The van der Waals surface area contributed by atoms with E-state index in [1.165, 1.54) is 0 Å². The average Bonchev–Trinajstić information content (AvgIpc) is 2.28. The van der Waals surface area contributed by atoms with E-state index in [9.17, 15) is 9.59 Å². The molecule has 0 aromatic carbocycles. The van der Waals surface area contributed by atoms with Gasteiger partial charge in [0.1, 0.15) is 0 Å². The Morgan fingerprint density at radius 1 is 1.00 bits per heavy atom. The van der Waals surface area contributed by atoms with Gasteiger partial charge in [-0.1, -0.05) is 0 Å². The van der Waals surface area contributed by atoms with Gasteiger partial charge in [0.05, 0.1) is 6.10 Å². The first-order chi connectivity index (χ1) is 7.86. The maximum atomic E-state index is 9.77. The first-order valence-electron chi connectivity index (χ1n) is 5.06. The first kappa shape index (κ1) is 15.8. The quantitative estimate of drug-likeness (QED) is 0.325. The molecule has 1 aliphatic rings. The Hall–Kier alpha value is -1.22. The average molecular weight is 251 g/mol. The van der Waals surface area contributed by atoms with Gasteiger partial charge in [-0.05, 0) is 25.9 Å². The van der Waals surface area contributed by atoms with Crippen molar-refractivity contribution in [3.8, 4) is 0 Å². The van der Waals surface area contributed by atoms with Crippen LogP contribution in [0.4, 0.5) is 0 Å². The Labute approximate surface area is 97.5 Å². The van der Waals surface area contributed by atoms with Crippen LogP contribution < -0.4 is 5.32 Å². The highest BCUT2D eigenvalue weighted by atomic mass is 16.4. The lowest BCUT2D eigenvalue weighted by molar-refractivity contribution is -0.165. The zero-order valence-electron chi connectivity index (χ0n) is 9.11. The molecule has 0 spiro atoms. The summed E-state index contributed by atoms with van der Waals surface area (Å²) in [7, 11) is 0. The molecule has 1 aliphatic heterocycles. The van der Waals surface area contributed by atoms with Crippen molar-refractivity contribution in [2.24, 2.45) is 0 Å². The van der Waals surface area contributed by atoms with E-state index in [0.29, 0.717) is 0 Å². The van der Waals surface area contributed by atoms with Crippen molar-refractivity contribution in [2.45, 2.75) is 31.2 Å². The van der Waals surface area contributed by atoms with Crippen LogP contribution in [0, 0.1) is 0 Å². The molecule has 0 bridgehead atoms. The fourth-order valence-electron chi connectivity index (χ4n) is 1.08. The number of carboxylic acids is 2. The fourth-order valence-corrected chi connectivity index (χ4v) is 1.08. The van der Waals surface area contributed by atoms with Crippen molar-refractivity contribution in [3.63, 3.8) is 0 Å². The van der Waals surface area contributed by atoms with Gasteiger partial charge >= 0.3 is 11.9 Å². The Balaban J connectivity index is 0.000000318. The summed E-state index contributed by atoms with van der Waals surface area (Å²) in [6.45, 7) is 1.97. The third kappa shape index (κ3) is 6.84. The summed E-state index contributed by atoms with van der Waals surface area (Å²) in [5.41, 5.74) is 0. The number of aliphatic carboxylic acids is 2. The Kier molecular flexibility index (Phi) is 7.39. The zero-order valence-corrected chi connectivity index (χ0v) is 9.11. The van der Waals surface area contributed by atoms with Crippen molar-refractivity contribution >= 4 is 11.9 Å². The summed E-state index contributed by atoms with van der Waals surface area (Å²) in [6.07, 6.45) is -2.70. The second-order valence-electron chi connectivity index (χ2n) is 3.55. The van der Waals surface area contributed by atoms with Gasteiger partial charge in [0.2, 0.25) is 0 Å². The molecule has 2 atom stereocenters. The van der Waals surface area contributed by atoms with Crippen LogP contribution in [-0.4, -0.2) is 68.9 Å². The molecule has 2 unspecified atom stereocenters. The largest absolute Gasteiger partial charge is 0.479 e. The fraction of sp³-hybridized carbons (Fsp3) is 0.778. The summed E-state index contributed by atoms with van der Waals surface area (Å²) in [5.74, 6) is -3.54. The predicted octanol–water partition coefficient (Wildman–Crippen LogP) is -2.39. The molecule has 0 saturated carbocycles. The summed E-state index contributed by atoms with van der Waals surface area (Å²) >= 11 is 0. The predicted molar refractivity (Wildman–Crippen MR) is 55.4 cm³/mol. The lowest BCUT2D eigenvalue weighted by atomic mass is 10.1. The van der Waals surface area contributed by atoms with Crippen molar-refractivity contribution in [3.05, 3.63) is 0 Å². The SMILES string of the molecule is O=C(O)C(O)C(O)C(=O)O.OC1CCNCC1. The number of rotatable bonds is 3. The molecule has 100 valence electrons. The van der Waals surface area contributed by atoms with Crippen LogP contribution in [0.3, 0.4) is 0 Å². The molecule has 6 N–H and O–H groups in total. The summed E-state index contributed by atoms with van der Waals surface area (Å²) in [4.78, 5) is 19.5. The third-order valence-corrected chi connectivity index (χ3v) is 2.11. The number of hydrogen-bond acceptors (Lipinski definition) is 6. The summed E-state index contributed by atoms with van der Waals surface area (Å²) in [6, 6.07) is 0. The van der Waals surface area contributed by atoms with E-state index in [1.807, 2.05) is 0 Å². The topological polar surface area (TPSA) is 147 Å². The third-order valence-electron chi connectivity index (χ3n) is 2.11. The molecule has 8 nitrogen and oxygen atoms in total. The Bertz CT molecular complexity index is 234. The molecule has 1 saturated heterocycles. The molecule has 1 heterocycles. The second kappa shape index (κ2) is 7.96. The molecule has 0 radical (unpaired) electrons. The van der Waals surface area contributed by atoms with Gasteiger partial charge in [0, 0.05) is 0 Å². The second-order valence-corrected chi connectivity index (χ2v) is 3.55. The molecule has 0 aromatic rings. The minimum atomic E-state index is -2.27. The van der Waals surface area contributed by atoms with Crippen LogP contribution in [0.15, 0.2) is 0 Å². The number of carbonyl (C=O) groups is 2.